The molecular weight excluding hydrogens is 248 g/mol. The van der Waals surface area contributed by atoms with Crippen molar-refractivity contribution in [2.45, 2.75) is 25.9 Å². The zero-order valence-electron chi connectivity index (χ0n) is 10.6. The van der Waals surface area contributed by atoms with Crippen LogP contribution in [0.25, 0.3) is 6.08 Å². The minimum absolute atomic E-state index is 0.362. The van der Waals surface area contributed by atoms with Crippen LogP contribution in [0.2, 0.25) is 0 Å². The average molecular weight is 264 g/mol. The van der Waals surface area contributed by atoms with Crippen LogP contribution < -0.4 is 4.74 Å². The van der Waals surface area contributed by atoms with Crippen molar-refractivity contribution >= 4 is 18.0 Å². The van der Waals surface area contributed by atoms with Gasteiger partial charge in [0.15, 0.2) is 6.10 Å². The first-order valence-corrected chi connectivity index (χ1v) is 5.94. The van der Waals surface area contributed by atoms with Gasteiger partial charge in [-0.25, -0.2) is 9.59 Å². The van der Waals surface area contributed by atoms with E-state index in [-0.39, 0.29) is 0 Å². The van der Waals surface area contributed by atoms with Gasteiger partial charge < -0.3 is 14.9 Å². The smallest absolute Gasteiger partial charge is 0.344 e. The van der Waals surface area contributed by atoms with Crippen molar-refractivity contribution in [3.63, 3.8) is 0 Å². The highest BCUT2D eigenvalue weighted by molar-refractivity contribution is 5.86. The highest BCUT2D eigenvalue weighted by Crippen LogP contribution is 2.22. The van der Waals surface area contributed by atoms with E-state index in [0.29, 0.717) is 24.2 Å². The number of benzene rings is 1. The third-order valence-corrected chi connectivity index (χ3v) is 2.42. The lowest BCUT2D eigenvalue weighted by atomic mass is 10.1. The summed E-state index contributed by atoms with van der Waals surface area (Å²) in [6.07, 6.45) is 2.51. The van der Waals surface area contributed by atoms with E-state index in [0.717, 1.165) is 6.08 Å². The Morgan fingerprint density at radius 1 is 1.32 bits per heavy atom. The molecular formula is C14H16O5. The summed E-state index contributed by atoms with van der Waals surface area (Å²) in [5, 5.41) is 17.6. The van der Waals surface area contributed by atoms with Crippen LogP contribution in [0.5, 0.6) is 5.75 Å². The summed E-state index contributed by atoms with van der Waals surface area (Å²) in [6.45, 7) is 1.87. The van der Waals surface area contributed by atoms with Crippen molar-refractivity contribution in [1.29, 1.82) is 0 Å². The Hall–Kier alpha value is -2.30. The lowest BCUT2D eigenvalue weighted by Gasteiger charge is -2.15. The van der Waals surface area contributed by atoms with Crippen LogP contribution in [-0.2, 0) is 9.59 Å². The molecule has 1 unspecified atom stereocenters. The highest BCUT2D eigenvalue weighted by Gasteiger charge is 2.18. The van der Waals surface area contributed by atoms with Gasteiger partial charge in [0.25, 0.3) is 0 Å². The number of rotatable bonds is 7. The fraction of sp³-hybridized carbons (Fsp3) is 0.286. The number of carboxylic acids is 2. The molecule has 0 aliphatic carbocycles. The Labute approximate surface area is 111 Å². The second kappa shape index (κ2) is 7.20. The maximum absolute atomic E-state index is 11.0. The maximum atomic E-state index is 11.0. The predicted molar refractivity (Wildman–Crippen MR) is 70.1 cm³/mol. The lowest BCUT2D eigenvalue weighted by Crippen LogP contribution is -2.26. The number of hydrogen-bond donors (Lipinski definition) is 2. The molecule has 19 heavy (non-hydrogen) atoms. The van der Waals surface area contributed by atoms with Gasteiger partial charge in [0, 0.05) is 11.6 Å². The molecule has 0 radical (unpaired) electrons. The number of hydrogen-bond acceptors (Lipinski definition) is 3. The van der Waals surface area contributed by atoms with E-state index >= 15 is 0 Å². The molecule has 2 N–H and O–H groups in total. The molecule has 0 heterocycles. The molecule has 1 aromatic rings. The summed E-state index contributed by atoms with van der Waals surface area (Å²) in [4.78, 5) is 21.5. The quantitative estimate of drug-likeness (QED) is 0.739. The molecule has 5 heteroatoms. The minimum Gasteiger partial charge on any atom is -0.479 e. The van der Waals surface area contributed by atoms with Crippen LogP contribution in [0, 0.1) is 0 Å². The first kappa shape index (κ1) is 14.8. The monoisotopic (exact) mass is 264 g/mol. The van der Waals surface area contributed by atoms with E-state index < -0.39 is 18.0 Å². The van der Waals surface area contributed by atoms with Crippen molar-refractivity contribution in [2.75, 3.05) is 0 Å². The predicted octanol–water partition coefficient (Wildman–Crippen LogP) is 2.42. The highest BCUT2D eigenvalue weighted by atomic mass is 16.5. The molecule has 0 aromatic heterocycles. The minimum atomic E-state index is -1.07. The molecule has 5 nitrogen and oxygen atoms in total. The number of carboxylic acid groups (broad SMARTS) is 2. The Bertz CT molecular complexity index is 478. The summed E-state index contributed by atoms with van der Waals surface area (Å²) in [5.74, 6) is -1.74. The van der Waals surface area contributed by atoms with Gasteiger partial charge in [-0.15, -0.1) is 0 Å². The summed E-state index contributed by atoms with van der Waals surface area (Å²) < 4.78 is 5.44. The molecule has 0 bridgehead atoms. The fourth-order valence-corrected chi connectivity index (χ4v) is 1.53. The number of aliphatic carboxylic acids is 2. The molecule has 1 aromatic carbocycles. The van der Waals surface area contributed by atoms with E-state index in [1.807, 2.05) is 6.92 Å². The average Bonchev–Trinajstić information content (AvgIpc) is 2.37. The molecule has 0 fully saturated rings. The second-order valence-corrected chi connectivity index (χ2v) is 3.94. The molecule has 102 valence electrons. The zero-order valence-corrected chi connectivity index (χ0v) is 10.6. The van der Waals surface area contributed by atoms with Crippen LogP contribution in [0.1, 0.15) is 25.3 Å². The molecule has 0 aliphatic rings. The van der Waals surface area contributed by atoms with Crippen LogP contribution in [0.4, 0.5) is 0 Å². The Kier molecular flexibility index (Phi) is 5.60. The van der Waals surface area contributed by atoms with E-state index in [4.69, 9.17) is 14.9 Å². The molecule has 0 aliphatic heterocycles. The standard InChI is InChI=1S/C14H16O5/c1-2-5-12(14(17)18)19-11-7-4-3-6-10(11)8-9-13(15)16/h3-4,6-9,12H,2,5H2,1H3,(H,15,16)(H,17,18)/b9-8+. The van der Waals surface area contributed by atoms with Gasteiger partial charge in [0.1, 0.15) is 5.75 Å². The van der Waals surface area contributed by atoms with Crippen LogP contribution in [0.15, 0.2) is 30.3 Å². The SMILES string of the molecule is CCCC(Oc1ccccc1/C=C/C(=O)O)C(=O)O. The Balaban J connectivity index is 2.93. The second-order valence-electron chi connectivity index (χ2n) is 3.94. The summed E-state index contributed by atoms with van der Waals surface area (Å²) >= 11 is 0. The van der Waals surface area contributed by atoms with Gasteiger partial charge in [0.2, 0.25) is 0 Å². The normalized spacial score (nSPS) is 12.3. The maximum Gasteiger partial charge on any atom is 0.344 e. The van der Waals surface area contributed by atoms with Gasteiger partial charge in [-0.1, -0.05) is 31.5 Å². The van der Waals surface area contributed by atoms with Crippen LogP contribution in [0.3, 0.4) is 0 Å². The molecule has 0 saturated heterocycles. The molecule has 0 spiro atoms. The van der Waals surface area contributed by atoms with Crippen molar-refractivity contribution in [2.24, 2.45) is 0 Å². The van der Waals surface area contributed by atoms with Crippen molar-refractivity contribution in [3.8, 4) is 5.75 Å². The molecule has 1 rings (SSSR count). The first-order chi connectivity index (χ1) is 9.04. The number of carbonyl (C=O) groups is 2. The van der Waals surface area contributed by atoms with Gasteiger partial charge in [-0.2, -0.15) is 0 Å². The van der Waals surface area contributed by atoms with Crippen LogP contribution in [-0.4, -0.2) is 28.3 Å². The van der Waals surface area contributed by atoms with Gasteiger partial charge >= 0.3 is 11.9 Å². The third kappa shape index (κ3) is 4.83. The van der Waals surface area contributed by atoms with E-state index in [1.54, 1.807) is 24.3 Å². The van der Waals surface area contributed by atoms with E-state index in [1.165, 1.54) is 6.08 Å². The van der Waals surface area contributed by atoms with E-state index in [2.05, 4.69) is 0 Å². The van der Waals surface area contributed by atoms with Crippen molar-refractivity contribution in [3.05, 3.63) is 35.9 Å². The number of ether oxygens (including phenoxy) is 1. The Morgan fingerprint density at radius 3 is 2.58 bits per heavy atom. The van der Waals surface area contributed by atoms with Crippen molar-refractivity contribution in [1.82, 2.24) is 0 Å². The van der Waals surface area contributed by atoms with Gasteiger partial charge in [-0.3, -0.25) is 0 Å². The molecule has 0 saturated carbocycles. The van der Waals surface area contributed by atoms with Crippen molar-refractivity contribution < 1.29 is 24.5 Å². The van der Waals surface area contributed by atoms with Gasteiger partial charge in [-0.05, 0) is 18.6 Å². The molecule has 1 atom stereocenters. The lowest BCUT2D eigenvalue weighted by molar-refractivity contribution is -0.145. The van der Waals surface area contributed by atoms with Crippen LogP contribution >= 0.6 is 0 Å². The number of para-hydroxylation sites is 1. The van der Waals surface area contributed by atoms with Gasteiger partial charge in [0.05, 0.1) is 0 Å². The Morgan fingerprint density at radius 2 is 2.00 bits per heavy atom. The molecule has 0 amide bonds. The fourth-order valence-electron chi connectivity index (χ4n) is 1.53. The zero-order chi connectivity index (χ0) is 14.3. The first-order valence-electron chi connectivity index (χ1n) is 5.94. The largest absolute Gasteiger partial charge is 0.479 e. The van der Waals surface area contributed by atoms with E-state index in [9.17, 15) is 9.59 Å². The summed E-state index contributed by atoms with van der Waals surface area (Å²) in [5.41, 5.74) is 0.534. The summed E-state index contributed by atoms with van der Waals surface area (Å²) in [6, 6.07) is 6.72. The topological polar surface area (TPSA) is 83.8 Å². The summed E-state index contributed by atoms with van der Waals surface area (Å²) in [7, 11) is 0. The third-order valence-electron chi connectivity index (χ3n) is 2.42.